The molecule has 1 aliphatic heterocycles. The second kappa shape index (κ2) is 6.66. The van der Waals surface area contributed by atoms with Crippen molar-refractivity contribution in [2.24, 2.45) is 0 Å². The lowest BCUT2D eigenvalue weighted by Gasteiger charge is -2.09. The number of ether oxygens (including phenoxy) is 1. The lowest BCUT2D eigenvalue weighted by molar-refractivity contribution is 0.357. The first-order valence-corrected chi connectivity index (χ1v) is 7.92. The second-order valence-electron chi connectivity index (χ2n) is 5.69. The van der Waals surface area contributed by atoms with E-state index in [1.165, 1.54) is 41.6 Å². The van der Waals surface area contributed by atoms with Gasteiger partial charge in [0.15, 0.2) is 0 Å². The van der Waals surface area contributed by atoms with Gasteiger partial charge < -0.3 is 10.1 Å². The highest BCUT2D eigenvalue weighted by Crippen LogP contribution is 2.26. The van der Waals surface area contributed by atoms with Gasteiger partial charge in [-0.25, -0.2) is 0 Å². The summed E-state index contributed by atoms with van der Waals surface area (Å²) in [7, 11) is 0. The molecule has 0 radical (unpaired) electrons. The number of fused-ring (bicyclic) bond motifs is 1. The average Bonchev–Trinajstić information content (AvgIpc) is 2.99. The van der Waals surface area contributed by atoms with Gasteiger partial charge in [-0.1, -0.05) is 37.6 Å². The minimum atomic E-state index is 0.825. The zero-order chi connectivity index (χ0) is 14.5. The van der Waals surface area contributed by atoms with E-state index in [0.717, 1.165) is 25.3 Å². The third kappa shape index (κ3) is 3.57. The molecule has 1 aliphatic rings. The zero-order valence-electron chi connectivity index (χ0n) is 12.7. The fourth-order valence-corrected chi connectivity index (χ4v) is 2.72. The van der Waals surface area contributed by atoms with E-state index in [0.29, 0.717) is 0 Å². The number of rotatable bonds is 6. The van der Waals surface area contributed by atoms with Gasteiger partial charge in [0, 0.05) is 18.7 Å². The van der Waals surface area contributed by atoms with Crippen LogP contribution in [0.25, 0.3) is 0 Å². The predicted octanol–water partition coefficient (Wildman–Crippen LogP) is 4.58. The molecule has 0 saturated heterocycles. The maximum absolute atomic E-state index is 5.54. The Labute approximate surface area is 127 Å². The van der Waals surface area contributed by atoms with Gasteiger partial charge in [-0.2, -0.15) is 0 Å². The summed E-state index contributed by atoms with van der Waals surface area (Å²) in [5.41, 5.74) is 5.27. The highest BCUT2D eigenvalue weighted by Gasteiger charge is 2.11. The Bertz CT molecular complexity index is 589. The Morgan fingerprint density at radius 1 is 1.05 bits per heavy atom. The van der Waals surface area contributed by atoms with E-state index in [1.54, 1.807) is 0 Å². The normalized spacial score (nSPS) is 12.8. The van der Waals surface area contributed by atoms with Gasteiger partial charge in [0.1, 0.15) is 5.75 Å². The monoisotopic (exact) mass is 281 g/mol. The van der Waals surface area contributed by atoms with E-state index in [9.17, 15) is 0 Å². The molecule has 0 unspecified atom stereocenters. The van der Waals surface area contributed by atoms with Crippen LogP contribution in [0.1, 0.15) is 36.5 Å². The summed E-state index contributed by atoms with van der Waals surface area (Å²) < 4.78 is 5.54. The minimum Gasteiger partial charge on any atom is -0.493 e. The highest BCUT2D eigenvalue weighted by atomic mass is 16.5. The lowest BCUT2D eigenvalue weighted by atomic mass is 10.1. The smallest absolute Gasteiger partial charge is 0.122 e. The van der Waals surface area contributed by atoms with Crippen molar-refractivity contribution in [1.29, 1.82) is 0 Å². The number of hydrogen-bond donors (Lipinski definition) is 1. The summed E-state index contributed by atoms with van der Waals surface area (Å²) in [6, 6.07) is 15.3. The molecule has 110 valence electrons. The Balaban J connectivity index is 1.57. The van der Waals surface area contributed by atoms with Gasteiger partial charge in [-0.05, 0) is 47.7 Å². The number of benzene rings is 2. The Kier molecular flexibility index (Phi) is 4.44. The van der Waals surface area contributed by atoms with Crippen molar-refractivity contribution in [3.8, 4) is 5.75 Å². The first kappa shape index (κ1) is 14.0. The standard InChI is InChI=1S/C19H23NO/c1-2-3-4-15-5-8-18(9-6-15)20-14-16-7-10-19-17(13-16)11-12-21-19/h5-10,13,20H,2-4,11-12,14H2,1H3. The molecule has 0 aromatic heterocycles. The third-order valence-corrected chi connectivity index (χ3v) is 4.02. The Morgan fingerprint density at radius 2 is 1.86 bits per heavy atom. The summed E-state index contributed by atoms with van der Waals surface area (Å²) in [5.74, 6) is 1.05. The van der Waals surface area contributed by atoms with Crippen LogP contribution in [0.2, 0.25) is 0 Å². The molecule has 21 heavy (non-hydrogen) atoms. The van der Waals surface area contributed by atoms with Crippen molar-refractivity contribution in [3.63, 3.8) is 0 Å². The SMILES string of the molecule is CCCCc1ccc(NCc2ccc3c(c2)CCO3)cc1. The summed E-state index contributed by atoms with van der Waals surface area (Å²) in [4.78, 5) is 0. The van der Waals surface area contributed by atoms with E-state index < -0.39 is 0 Å². The van der Waals surface area contributed by atoms with Crippen LogP contribution in [0.15, 0.2) is 42.5 Å². The summed E-state index contributed by atoms with van der Waals surface area (Å²) in [6.07, 6.45) is 4.74. The lowest BCUT2D eigenvalue weighted by Crippen LogP contribution is -1.99. The molecule has 0 saturated carbocycles. The van der Waals surface area contributed by atoms with Crippen LogP contribution in [-0.2, 0) is 19.4 Å². The maximum atomic E-state index is 5.54. The molecule has 0 aliphatic carbocycles. The zero-order valence-corrected chi connectivity index (χ0v) is 12.7. The van der Waals surface area contributed by atoms with Crippen LogP contribution < -0.4 is 10.1 Å². The fourth-order valence-electron chi connectivity index (χ4n) is 2.72. The van der Waals surface area contributed by atoms with Crippen molar-refractivity contribution in [2.45, 2.75) is 39.2 Å². The van der Waals surface area contributed by atoms with E-state index in [2.05, 4.69) is 54.7 Å². The van der Waals surface area contributed by atoms with Gasteiger partial charge in [-0.15, -0.1) is 0 Å². The van der Waals surface area contributed by atoms with Crippen LogP contribution in [0.4, 0.5) is 5.69 Å². The van der Waals surface area contributed by atoms with Crippen molar-refractivity contribution in [3.05, 3.63) is 59.2 Å². The molecule has 1 N–H and O–H groups in total. The maximum Gasteiger partial charge on any atom is 0.122 e. The molecule has 2 nitrogen and oxygen atoms in total. The summed E-state index contributed by atoms with van der Waals surface area (Å²) in [5, 5.41) is 3.49. The number of unbranched alkanes of at least 4 members (excludes halogenated alkanes) is 1. The van der Waals surface area contributed by atoms with Crippen LogP contribution >= 0.6 is 0 Å². The van der Waals surface area contributed by atoms with Gasteiger partial charge in [0.05, 0.1) is 6.61 Å². The van der Waals surface area contributed by atoms with Gasteiger partial charge >= 0.3 is 0 Å². The molecular weight excluding hydrogens is 258 g/mol. The predicted molar refractivity (Wildman–Crippen MR) is 88.0 cm³/mol. The quantitative estimate of drug-likeness (QED) is 0.837. The molecule has 0 atom stereocenters. The van der Waals surface area contributed by atoms with Crippen molar-refractivity contribution in [1.82, 2.24) is 0 Å². The third-order valence-electron chi connectivity index (χ3n) is 4.02. The first-order valence-electron chi connectivity index (χ1n) is 7.92. The van der Waals surface area contributed by atoms with E-state index in [-0.39, 0.29) is 0 Å². The first-order chi connectivity index (χ1) is 10.3. The Hall–Kier alpha value is -1.96. The summed E-state index contributed by atoms with van der Waals surface area (Å²) in [6.45, 7) is 3.92. The van der Waals surface area contributed by atoms with Crippen molar-refractivity contribution < 1.29 is 4.74 Å². The summed E-state index contributed by atoms with van der Waals surface area (Å²) >= 11 is 0. The molecule has 2 heteroatoms. The molecule has 2 aromatic carbocycles. The minimum absolute atomic E-state index is 0.825. The van der Waals surface area contributed by atoms with E-state index in [1.807, 2.05) is 0 Å². The number of aryl methyl sites for hydroxylation is 1. The van der Waals surface area contributed by atoms with Crippen molar-refractivity contribution >= 4 is 5.69 Å². The highest BCUT2D eigenvalue weighted by molar-refractivity contribution is 5.46. The molecule has 3 rings (SSSR count). The molecular formula is C19H23NO. The number of hydrogen-bond acceptors (Lipinski definition) is 2. The van der Waals surface area contributed by atoms with Gasteiger partial charge in [0.2, 0.25) is 0 Å². The molecule has 0 amide bonds. The van der Waals surface area contributed by atoms with Crippen LogP contribution in [-0.4, -0.2) is 6.61 Å². The van der Waals surface area contributed by atoms with E-state index >= 15 is 0 Å². The Morgan fingerprint density at radius 3 is 2.67 bits per heavy atom. The van der Waals surface area contributed by atoms with E-state index in [4.69, 9.17) is 4.74 Å². The molecule has 0 fully saturated rings. The van der Waals surface area contributed by atoms with Crippen LogP contribution in [0, 0.1) is 0 Å². The van der Waals surface area contributed by atoms with Gasteiger partial charge in [-0.3, -0.25) is 0 Å². The molecule has 0 spiro atoms. The van der Waals surface area contributed by atoms with Crippen molar-refractivity contribution in [2.75, 3.05) is 11.9 Å². The van der Waals surface area contributed by atoms with Gasteiger partial charge in [0.25, 0.3) is 0 Å². The number of anilines is 1. The average molecular weight is 281 g/mol. The molecule has 0 bridgehead atoms. The largest absolute Gasteiger partial charge is 0.493 e. The fraction of sp³-hybridized carbons (Fsp3) is 0.368. The van der Waals surface area contributed by atoms with Crippen LogP contribution in [0.5, 0.6) is 5.75 Å². The second-order valence-corrected chi connectivity index (χ2v) is 5.69. The molecule has 2 aromatic rings. The van der Waals surface area contributed by atoms with Crippen LogP contribution in [0.3, 0.4) is 0 Å². The topological polar surface area (TPSA) is 21.3 Å². The molecule has 1 heterocycles. The number of nitrogens with one attached hydrogen (secondary N) is 1.